The molecule has 2 aliphatic heterocycles. The highest BCUT2D eigenvalue weighted by Crippen LogP contribution is 2.36. The van der Waals surface area contributed by atoms with Gasteiger partial charge in [0.25, 0.3) is 5.91 Å². The summed E-state index contributed by atoms with van der Waals surface area (Å²) < 4.78 is 30.1. The fourth-order valence-corrected chi connectivity index (χ4v) is 6.15. The molecule has 0 aliphatic carbocycles. The second kappa shape index (κ2) is 11.4. The number of anilines is 1. The van der Waals surface area contributed by atoms with Crippen molar-refractivity contribution in [2.24, 2.45) is 0 Å². The van der Waals surface area contributed by atoms with Crippen LogP contribution >= 0.6 is 24.8 Å². The molecule has 182 valence electrons. The third-order valence-electron chi connectivity index (χ3n) is 6.11. The number of hydroxylamine groups is 1. The SMILES string of the molecule is Cl.Cl.O=C(NO)C1(S(=O)(=O)c2ccc(-c3cnc(N4CCCCC4)cn3)cc2)CCOCC1. The fourth-order valence-electron chi connectivity index (χ4n) is 4.21. The van der Waals surface area contributed by atoms with E-state index in [0.29, 0.717) is 5.69 Å². The second-order valence-electron chi connectivity index (χ2n) is 7.88. The van der Waals surface area contributed by atoms with Crippen molar-refractivity contribution in [1.82, 2.24) is 15.4 Å². The minimum Gasteiger partial charge on any atom is -0.381 e. The minimum absolute atomic E-state index is 0. The number of amides is 1. The predicted molar refractivity (Wildman–Crippen MR) is 128 cm³/mol. The second-order valence-corrected chi connectivity index (χ2v) is 10.1. The number of nitrogens with one attached hydrogen (secondary N) is 1. The Morgan fingerprint density at radius 2 is 1.64 bits per heavy atom. The molecular weight excluding hydrogens is 491 g/mol. The molecule has 9 nitrogen and oxygen atoms in total. The lowest BCUT2D eigenvalue weighted by Gasteiger charge is -2.34. The molecule has 2 aromatic rings. The Bertz CT molecular complexity index is 1020. The third kappa shape index (κ3) is 5.25. The molecule has 0 atom stereocenters. The van der Waals surface area contributed by atoms with Gasteiger partial charge >= 0.3 is 0 Å². The summed E-state index contributed by atoms with van der Waals surface area (Å²) in [5.41, 5.74) is 2.89. The third-order valence-corrected chi connectivity index (χ3v) is 8.62. The molecular formula is C21H28Cl2N4O5S. The van der Waals surface area contributed by atoms with E-state index in [1.807, 2.05) is 0 Å². The normalized spacial score (nSPS) is 17.9. The lowest BCUT2D eigenvalue weighted by molar-refractivity contribution is -0.134. The van der Waals surface area contributed by atoms with Crippen LogP contribution in [-0.2, 0) is 19.4 Å². The predicted octanol–water partition coefficient (Wildman–Crippen LogP) is 2.81. The molecule has 3 heterocycles. The Kier molecular flexibility index (Phi) is 9.45. The van der Waals surface area contributed by atoms with Crippen LogP contribution in [0, 0.1) is 0 Å². The summed E-state index contributed by atoms with van der Waals surface area (Å²) in [4.78, 5) is 23.6. The first-order valence-electron chi connectivity index (χ1n) is 10.4. The topological polar surface area (TPSA) is 122 Å². The zero-order valence-electron chi connectivity index (χ0n) is 18.0. The van der Waals surface area contributed by atoms with E-state index in [-0.39, 0.29) is 55.8 Å². The van der Waals surface area contributed by atoms with Crippen molar-refractivity contribution in [3.63, 3.8) is 0 Å². The Morgan fingerprint density at radius 1 is 1.00 bits per heavy atom. The molecule has 12 heteroatoms. The van der Waals surface area contributed by atoms with Gasteiger partial charge < -0.3 is 9.64 Å². The average molecular weight is 519 g/mol. The number of halogens is 2. The smallest absolute Gasteiger partial charge is 0.265 e. The van der Waals surface area contributed by atoms with Gasteiger partial charge in [0.1, 0.15) is 5.82 Å². The van der Waals surface area contributed by atoms with Gasteiger partial charge in [0.15, 0.2) is 14.6 Å². The fraction of sp³-hybridized carbons (Fsp3) is 0.476. The zero-order valence-corrected chi connectivity index (χ0v) is 20.4. The molecule has 1 aromatic carbocycles. The van der Waals surface area contributed by atoms with Crippen molar-refractivity contribution in [3.8, 4) is 11.3 Å². The van der Waals surface area contributed by atoms with E-state index in [1.54, 1.807) is 24.5 Å². The van der Waals surface area contributed by atoms with Crippen LogP contribution in [-0.4, -0.2) is 60.6 Å². The number of carbonyl (C=O) groups is 1. The summed E-state index contributed by atoms with van der Waals surface area (Å²) in [6.45, 7) is 2.22. The van der Waals surface area contributed by atoms with Gasteiger partial charge in [-0.3, -0.25) is 15.0 Å². The van der Waals surface area contributed by atoms with Crippen molar-refractivity contribution < 1.29 is 23.2 Å². The highest BCUT2D eigenvalue weighted by atomic mass is 35.5. The standard InChI is InChI=1S/C21H26N4O5S.2ClH/c26-20(24-27)21(8-12-30-13-9-21)31(28,29)17-6-4-16(5-7-17)18-14-23-19(15-22-18)25-10-2-1-3-11-25;;/h4-7,14-15,27H,1-3,8-13H2,(H,24,26);2*1H. The monoisotopic (exact) mass is 518 g/mol. The first-order chi connectivity index (χ1) is 15.0. The minimum atomic E-state index is -4.05. The van der Waals surface area contributed by atoms with Gasteiger partial charge in [-0.15, -0.1) is 24.8 Å². The lowest BCUT2D eigenvalue weighted by atomic mass is 9.98. The maximum Gasteiger partial charge on any atom is 0.265 e. The van der Waals surface area contributed by atoms with Gasteiger partial charge in [0.05, 0.1) is 23.0 Å². The van der Waals surface area contributed by atoms with Crippen LogP contribution in [0.1, 0.15) is 32.1 Å². The average Bonchev–Trinajstić information content (AvgIpc) is 2.84. The number of hydrogen-bond donors (Lipinski definition) is 2. The summed E-state index contributed by atoms with van der Waals surface area (Å²) in [6.07, 6.45) is 6.94. The molecule has 0 radical (unpaired) electrons. The van der Waals surface area contributed by atoms with Gasteiger partial charge in [-0.25, -0.2) is 18.9 Å². The van der Waals surface area contributed by atoms with Gasteiger partial charge in [-0.1, -0.05) is 12.1 Å². The van der Waals surface area contributed by atoms with Crippen LogP contribution in [0.4, 0.5) is 5.82 Å². The Balaban J connectivity index is 0.00000193. The zero-order chi connectivity index (χ0) is 21.9. The first kappa shape index (κ1) is 27.3. The van der Waals surface area contributed by atoms with Crippen molar-refractivity contribution in [3.05, 3.63) is 36.7 Å². The number of hydrogen-bond acceptors (Lipinski definition) is 8. The van der Waals surface area contributed by atoms with E-state index in [2.05, 4.69) is 14.9 Å². The number of aromatic nitrogens is 2. The summed E-state index contributed by atoms with van der Waals surface area (Å²) in [5, 5.41) is 9.15. The van der Waals surface area contributed by atoms with E-state index < -0.39 is 20.5 Å². The molecule has 1 amide bonds. The van der Waals surface area contributed by atoms with E-state index in [4.69, 9.17) is 9.94 Å². The van der Waals surface area contributed by atoms with Gasteiger partial charge in [0.2, 0.25) is 0 Å². The van der Waals surface area contributed by atoms with Crippen molar-refractivity contribution in [2.75, 3.05) is 31.2 Å². The quantitative estimate of drug-likeness (QED) is 0.457. The highest BCUT2D eigenvalue weighted by Gasteiger charge is 2.52. The number of ether oxygens (including phenoxy) is 1. The Morgan fingerprint density at radius 3 is 2.18 bits per heavy atom. The highest BCUT2D eigenvalue weighted by molar-refractivity contribution is 7.93. The molecule has 1 aromatic heterocycles. The molecule has 2 N–H and O–H groups in total. The van der Waals surface area contributed by atoms with Gasteiger partial charge in [-0.05, 0) is 44.2 Å². The molecule has 0 unspecified atom stereocenters. The largest absolute Gasteiger partial charge is 0.381 e. The van der Waals surface area contributed by atoms with Crippen molar-refractivity contribution >= 4 is 46.4 Å². The number of benzene rings is 1. The number of nitrogens with zero attached hydrogens (tertiary/aromatic N) is 3. The van der Waals surface area contributed by atoms with Crippen LogP contribution in [0.3, 0.4) is 0 Å². The molecule has 2 saturated heterocycles. The molecule has 2 fully saturated rings. The number of piperidine rings is 1. The molecule has 0 spiro atoms. The summed E-state index contributed by atoms with van der Waals surface area (Å²) in [6, 6.07) is 6.24. The Hall–Kier alpha value is -1.98. The number of sulfone groups is 1. The van der Waals surface area contributed by atoms with Crippen LogP contribution in [0.2, 0.25) is 0 Å². The van der Waals surface area contributed by atoms with E-state index in [0.717, 1.165) is 37.3 Å². The Labute approximate surface area is 205 Å². The van der Waals surface area contributed by atoms with Gasteiger partial charge in [0, 0.05) is 31.9 Å². The summed E-state index contributed by atoms with van der Waals surface area (Å²) in [7, 11) is -4.05. The van der Waals surface area contributed by atoms with Crippen LogP contribution in [0.25, 0.3) is 11.3 Å². The van der Waals surface area contributed by atoms with E-state index in [1.165, 1.54) is 24.0 Å². The summed E-state index contributed by atoms with van der Waals surface area (Å²) in [5.74, 6) is -0.0850. The maximum atomic E-state index is 13.3. The molecule has 4 rings (SSSR count). The molecule has 33 heavy (non-hydrogen) atoms. The van der Waals surface area contributed by atoms with Crippen LogP contribution in [0.5, 0.6) is 0 Å². The lowest BCUT2D eigenvalue weighted by Crippen LogP contribution is -2.54. The van der Waals surface area contributed by atoms with Gasteiger partial charge in [-0.2, -0.15) is 0 Å². The molecule has 0 saturated carbocycles. The van der Waals surface area contributed by atoms with E-state index >= 15 is 0 Å². The van der Waals surface area contributed by atoms with Crippen LogP contribution < -0.4 is 10.4 Å². The first-order valence-corrected chi connectivity index (χ1v) is 11.9. The number of carbonyl (C=O) groups excluding carboxylic acids is 1. The summed E-state index contributed by atoms with van der Waals surface area (Å²) >= 11 is 0. The molecule has 0 bridgehead atoms. The molecule has 2 aliphatic rings. The number of rotatable bonds is 5. The van der Waals surface area contributed by atoms with Crippen molar-refractivity contribution in [2.45, 2.75) is 41.7 Å². The maximum absolute atomic E-state index is 13.3. The van der Waals surface area contributed by atoms with Crippen LogP contribution in [0.15, 0.2) is 41.6 Å². The van der Waals surface area contributed by atoms with Crippen molar-refractivity contribution in [1.29, 1.82) is 0 Å². The van der Waals surface area contributed by atoms with E-state index in [9.17, 15) is 13.2 Å².